The van der Waals surface area contributed by atoms with Crippen LogP contribution in [0.1, 0.15) is 29.2 Å². The standard InChI is InChI=1S/C34H7F17N4O/c1-8-10(31(54-2)55-3)4-12-14(8)15(18-22(35)26(39)20(32(43,44)45)27(40)23(18)36)13-5-11(9(6-52)7-53)30(56-34(49,50)51)17(13)16(12)19-24(37)28(41)21(33(46,47)48)29(42)25(19)38/h4-5H2,1H3. The van der Waals surface area contributed by atoms with E-state index in [4.69, 9.17) is 13.1 Å². The molecule has 2 aliphatic rings. The predicted octanol–water partition coefficient (Wildman–Crippen LogP) is 9.49. The summed E-state index contributed by atoms with van der Waals surface area (Å²) in [5.74, 6) is -27.7. The molecule has 0 N–H and O–H groups in total. The number of rotatable bonds is 3. The lowest BCUT2D eigenvalue weighted by molar-refractivity contribution is -0.290. The van der Waals surface area contributed by atoms with E-state index in [1.165, 1.54) is 0 Å². The Bertz CT molecular complexity index is 2620. The van der Waals surface area contributed by atoms with Crippen LogP contribution in [0.5, 0.6) is 0 Å². The lowest BCUT2D eigenvalue weighted by Crippen LogP contribution is -2.28. The lowest BCUT2D eigenvalue weighted by Gasteiger charge is -2.21. The van der Waals surface area contributed by atoms with Crippen molar-refractivity contribution in [2.75, 3.05) is 0 Å². The first-order chi connectivity index (χ1) is 25.8. The molecule has 2 aliphatic carbocycles. The van der Waals surface area contributed by atoms with Gasteiger partial charge in [-0.1, -0.05) is 0 Å². The van der Waals surface area contributed by atoms with Crippen molar-refractivity contribution in [3.8, 4) is 34.4 Å². The highest BCUT2D eigenvalue weighted by molar-refractivity contribution is 5.91. The molecular formula is C34H7F17N4O. The molecule has 0 saturated heterocycles. The van der Waals surface area contributed by atoms with Gasteiger partial charge in [0.15, 0.2) is 46.5 Å². The summed E-state index contributed by atoms with van der Waals surface area (Å²) in [4.78, 5) is 5.68. The minimum absolute atomic E-state index is 0.692. The van der Waals surface area contributed by atoms with Gasteiger partial charge in [-0.15, -0.1) is 13.2 Å². The molecule has 0 aliphatic heterocycles. The molecule has 0 radical (unpaired) electrons. The van der Waals surface area contributed by atoms with Crippen LogP contribution in [0, 0.1) is 82.3 Å². The first-order valence-electron chi connectivity index (χ1n) is 14.4. The molecule has 0 heterocycles. The molecule has 5 rings (SSSR count). The summed E-state index contributed by atoms with van der Waals surface area (Å²) in [6.07, 6.45) is -21.3. The Kier molecular flexibility index (Phi) is 9.67. The zero-order valence-electron chi connectivity index (χ0n) is 26.5. The predicted molar refractivity (Wildman–Crippen MR) is 152 cm³/mol. The normalized spacial score (nSPS) is 13.9. The summed E-state index contributed by atoms with van der Waals surface area (Å²) in [7, 11) is 0. The quantitative estimate of drug-likeness (QED) is 0.115. The number of hydrogen-bond donors (Lipinski definition) is 0. The lowest BCUT2D eigenvalue weighted by atomic mass is 9.85. The Morgan fingerprint density at radius 3 is 1.27 bits per heavy atom. The summed E-state index contributed by atoms with van der Waals surface area (Å²) in [5.41, 5.74) is -20.9. The Balaban J connectivity index is 2.30. The molecule has 0 aromatic heterocycles. The number of allylic oxidation sites excluding steroid dienone is 2. The number of nitrogens with zero attached hydrogens (tertiary/aromatic N) is 4. The average molecular weight is 810 g/mol. The van der Waals surface area contributed by atoms with Crippen molar-refractivity contribution in [1.82, 2.24) is 0 Å². The van der Waals surface area contributed by atoms with E-state index in [1.54, 1.807) is 0 Å². The van der Waals surface area contributed by atoms with E-state index in [9.17, 15) is 50.0 Å². The molecule has 0 spiro atoms. The van der Waals surface area contributed by atoms with Crippen molar-refractivity contribution in [3.63, 3.8) is 0 Å². The fraction of sp³-hybridized carbons (Fsp3) is 0.176. The first kappa shape index (κ1) is 40.6. The second kappa shape index (κ2) is 13.3. The van der Waals surface area contributed by atoms with Gasteiger partial charge in [-0.05, 0) is 40.8 Å². The second-order valence-electron chi connectivity index (χ2n) is 11.4. The molecule has 0 atom stereocenters. The van der Waals surface area contributed by atoms with Gasteiger partial charge in [-0.2, -0.15) is 46.6 Å². The third-order valence-electron chi connectivity index (χ3n) is 8.56. The minimum Gasteiger partial charge on any atom is -0.405 e. The van der Waals surface area contributed by atoms with Crippen LogP contribution in [0.25, 0.3) is 43.3 Å². The summed E-state index contributed by atoms with van der Waals surface area (Å²) in [6, 6.07) is 2.16. The number of nitriles is 2. The largest absolute Gasteiger partial charge is 0.573 e. The molecule has 288 valence electrons. The van der Waals surface area contributed by atoms with E-state index in [-0.39, 0.29) is 0 Å². The second-order valence-corrected chi connectivity index (χ2v) is 11.4. The maximum absolute atomic E-state index is 15.9. The van der Waals surface area contributed by atoms with Crippen LogP contribution in [0.15, 0.2) is 22.5 Å². The fourth-order valence-corrected chi connectivity index (χ4v) is 6.49. The molecule has 3 aromatic carbocycles. The Morgan fingerprint density at radius 1 is 0.571 bits per heavy atom. The zero-order valence-corrected chi connectivity index (χ0v) is 26.5. The van der Waals surface area contributed by atoms with Gasteiger partial charge in [0, 0.05) is 22.8 Å². The third-order valence-corrected chi connectivity index (χ3v) is 8.56. The highest BCUT2D eigenvalue weighted by Gasteiger charge is 2.47. The highest BCUT2D eigenvalue weighted by atomic mass is 19.4. The molecule has 3 aromatic rings. The van der Waals surface area contributed by atoms with E-state index in [0.29, 0.717) is 0 Å². The SMILES string of the molecule is [C-]#[N+]C([N+]#[C-])=C1Cc2c(-c3c(F)c(F)c(C(F)(F)F)c(F)c3F)c3c(c(-c4c(F)c(F)c(C(F)(F)F)c(F)c4F)c2=C1C)CC(=C(C#N)C#N)C=3OC(F)(F)F. The van der Waals surface area contributed by atoms with E-state index in [0.717, 1.165) is 19.1 Å². The molecule has 0 bridgehead atoms. The number of fused-ring (bicyclic) bond motifs is 2. The van der Waals surface area contributed by atoms with Crippen molar-refractivity contribution < 1.29 is 79.4 Å². The Morgan fingerprint density at radius 2 is 0.929 bits per heavy atom. The van der Waals surface area contributed by atoms with Crippen molar-refractivity contribution in [3.05, 3.63) is 125 Å². The molecule has 0 saturated carbocycles. The summed E-state index contributed by atoms with van der Waals surface area (Å²) >= 11 is 0. The minimum atomic E-state index is -6.20. The van der Waals surface area contributed by atoms with Crippen molar-refractivity contribution >= 4 is 11.3 Å². The van der Waals surface area contributed by atoms with Crippen LogP contribution in [0.3, 0.4) is 0 Å². The maximum Gasteiger partial charge on any atom is 0.573 e. The average Bonchev–Trinajstić information content (AvgIpc) is 3.60. The van der Waals surface area contributed by atoms with Crippen LogP contribution in [0.4, 0.5) is 74.6 Å². The van der Waals surface area contributed by atoms with Gasteiger partial charge < -0.3 is 4.74 Å². The Hall–Kier alpha value is -6.55. The van der Waals surface area contributed by atoms with Crippen LogP contribution in [0.2, 0.25) is 0 Å². The molecule has 0 amide bonds. The monoisotopic (exact) mass is 810 g/mol. The molecule has 0 fully saturated rings. The molecule has 5 nitrogen and oxygen atoms in total. The van der Waals surface area contributed by atoms with E-state index >= 15 is 35.1 Å². The van der Waals surface area contributed by atoms with E-state index in [1.807, 2.05) is 0 Å². The van der Waals surface area contributed by atoms with Crippen LogP contribution >= 0.6 is 0 Å². The van der Waals surface area contributed by atoms with Gasteiger partial charge in [0.05, 0.1) is 16.7 Å². The number of hydrogen-bond acceptors (Lipinski definition) is 3. The van der Waals surface area contributed by atoms with Gasteiger partial charge in [-0.25, -0.2) is 35.1 Å². The van der Waals surface area contributed by atoms with Gasteiger partial charge in [0.1, 0.15) is 47.7 Å². The number of alkyl halides is 9. The van der Waals surface area contributed by atoms with Gasteiger partial charge in [0.25, 0.3) is 0 Å². The Labute approximate surface area is 299 Å². The van der Waals surface area contributed by atoms with Crippen molar-refractivity contribution in [2.24, 2.45) is 0 Å². The molecular weight excluding hydrogens is 803 g/mol. The third kappa shape index (κ3) is 6.02. The number of halogens is 17. The van der Waals surface area contributed by atoms with Gasteiger partial charge in [-0.3, -0.25) is 0 Å². The number of benzene rings is 3. The molecule has 0 unspecified atom stereocenters. The van der Waals surface area contributed by atoms with Crippen LogP contribution < -0.4 is 10.4 Å². The topological polar surface area (TPSA) is 65.5 Å². The summed E-state index contributed by atoms with van der Waals surface area (Å²) in [5, 5.41) is 16.3. The van der Waals surface area contributed by atoms with Gasteiger partial charge in [0.2, 0.25) is 0 Å². The smallest absolute Gasteiger partial charge is 0.405 e. The van der Waals surface area contributed by atoms with Gasteiger partial charge >= 0.3 is 24.5 Å². The fourth-order valence-electron chi connectivity index (χ4n) is 6.49. The van der Waals surface area contributed by atoms with Crippen molar-refractivity contribution in [1.29, 1.82) is 10.5 Å². The molecule has 56 heavy (non-hydrogen) atoms. The first-order valence-corrected chi connectivity index (χ1v) is 14.4. The van der Waals surface area contributed by atoms with Crippen molar-refractivity contribution in [2.45, 2.75) is 38.5 Å². The highest BCUT2D eigenvalue weighted by Crippen LogP contribution is 2.47. The summed E-state index contributed by atoms with van der Waals surface area (Å²) in [6.45, 7) is 15.4. The molecule has 22 heteroatoms. The zero-order chi connectivity index (χ0) is 42.3. The van der Waals surface area contributed by atoms with Crippen LogP contribution in [-0.4, -0.2) is 6.36 Å². The maximum atomic E-state index is 15.9. The van der Waals surface area contributed by atoms with E-state index in [2.05, 4.69) is 14.4 Å². The summed E-state index contributed by atoms with van der Waals surface area (Å²) < 4.78 is 252. The van der Waals surface area contributed by atoms with E-state index < -0.39 is 167 Å². The number of ether oxygens (including phenoxy) is 1. The van der Waals surface area contributed by atoms with Crippen LogP contribution in [-0.2, 0) is 29.9 Å².